The van der Waals surface area contributed by atoms with Crippen molar-refractivity contribution in [3.63, 3.8) is 0 Å². The van der Waals surface area contributed by atoms with E-state index < -0.39 is 0 Å². The predicted octanol–water partition coefficient (Wildman–Crippen LogP) is 2.21. The fourth-order valence-corrected chi connectivity index (χ4v) is 3.06. The molecule has 88 valence electrons. The quantitative estimate of drug-likeness (QED) is 0.884. The number of amides is 1. The zero-order valence-corrected chi connectivity index (χ0v) is 10.8. The fraction of sp³-hybridized carbons (Fsp3) is 0.545. The number of nitrogens with zero attached hydrogens (tertiary/aromatic N) is 1. The van der Waals surface area contributed by atoms with Gasteiger partial charge in [0.25, 0.3) is 5.91 Å². The zero-order valence-electron chi connectivity index (χ0n) is 9.20. The van der Waals surface area contributed by atoms with Crippen LogP contribution in [0.25, 0.3) is 0 Å². The summed E-state index contributed by atoms with van der Waals surface area (Å²) in [4.78, 5) is 14.6. The molecule has 1 aromatic rings. The topological polar surface area (TPSA) is 46.3 Å². The molecule has 2 N–H and O–H groups in total. The number of halogens is 1. The van der Waals surface area contributed by atoms with Crippen LogP contribution in [0.1, 0.15) is 23.0 Å². The molecule has 5 heteroatoms. The summed E-state index contributed by atoms with van der Waals surface area (Å²) in [5, 5.41) is 2.39. The van der Waals surface area contributed by atoms with Crippen LogP contribution >= 0.6 is 22.9 Å². The highest BCUT2D eigenvalue weighted by molar-refractivity contribution is 7.12. The first-order valence-electron chi connectivity index (χ1n) is 5.28. The molecule has 1 saturated heterocycles. The van der Waals surface area contributed by atoms with E-state index in [-0.39, 0.29) is 11.3 Å². The molecule has 0 aliphatic carbocycles. The summed E-state index contributed by atoms with van der Waals surface area (Å²) in [5.41, 5.74) is 5.79. The average molecular weight is 259 g/mol. The molecule has 3 nitrogen and oxygen atoms in total. The lowest BCUT2D eigenvalue weighted by Crippen LogP contribution is -2.34. The second-order valence-corrected chi connectivity index (χ2v) is 5.91. The van der Waals surface area contributed by atoms with Gasteiger partial charge in [0.2, 0.25) is 0 Å². The summed E-state index contributed by atoms with van der Waals surface area (Å²) >= 11 is 7.35. The smallest absolute Gasteiger partial charge is 0.265 e. The molecule has 2 rings (SSSR count). The Morgan fingerprint density at radius 1 is 1.75 bits per heavy atom. The van der Waals surface area contributed by atoms with Crippen molar-refractivity contribution in [2.24, 2.45) is 11.1 Å². The van der Waals surface area contributed by atoms with Gasteiger partial charge in [-0.15, -0.1) is 11.3 Å². The molecule has 0 bridgehead atoms. The van der Waals surface area contributed by atoms with E-state index in [0.29, 0.717) is 16.4 Å². The van der Waals surface area contributed by atoms with Crippen LogP contribution in [0, 0.1) is 5.41 Å². The standard InChI is InChI=1S/C11H15ClN2OS/c1-11(6-13)3-4-14(7-11)10(15)9-8(12)2-5-16-9/h2,5H,3-4,6-7,13H2,1H3. The van der Waals surface area contributed by atoms with Crippen molar-refractivity contribution in [3.8, 4) is 0 Å². The van der Waals surface area contributed by atoms with Crippen LogP contribution in [-0.2, 0) is 0 Å². The molecule has 0 saturated carbocycles. The lowest BCUT2D eigenvalue weighted by atomic mass is 9.90. The maximum absolute atomic E-state index is 12.1. The molecule has 1 fully saturated rings. The lowest BCUT2D eigenvalue weighted by molar-refractivity contribution is 0.0782. The van der Waals surface area contributed by atoms with Crippen LogP contribution < -0.4 is 5.73 Å². The van der Waals surface area contributed by atoms with Crippen LogP contribution in [0.15, 0.2) is 11.4 Å². The minimum Gasteiger partial charge on any atom is -0.337 e. The Morgan fingerprint density at radius 2 is 2.50 bits per heavy atom. The Labute approximate surface area is 104 Å². The molecule has 0 radical (unpaired) electrons. The molecule has 1 aromatic heterocycles. The Balaban J connectivity index is 2.11. The Morgan fingerprint density at radius 3 is 3.00 bits per heavy atom. The van der Waals surface area contributed by atoms with Crippen molar-refractivity contribution >= 4 is 28.8 Å². The molecule has 0 spiro atoms. The van der Waals surface area contributed by atoms with Gasteiger partial charge in [0.15, 0.2) is 0 Å². The molecular formula is C11H15ClN2OS. The van der Waals surface area contributed by atoms with Crippen LogP contribution in [0.2, 0.25) is 5.02 Å². The Bertz CT molecular complexity index is 406. The minimum atomic E-state index is 0.0391. The molecule has 0 aromatic carbocycles. The van der Waals surface area contributed by atoms with E-state index in [4.69, 9.17) is 17.3 Å². The first-order valence-corrected chi connectivity index (χ1v) is 6.54. The molecule has 1 unspecified atom stereocenters. The maximum atomic E-state index is 12.1. The summed E-state index contributed by atoms with van der Waals surface area (Å²) in [7, 11) is 0. The van der Waals surface area contributed by atoms with E-state index in [0.717, 1.165) is 19.5 Å². The van der Waals surface area contributed by atoms with Gasteiger partial charge in [-0.1, -0.05) is 18.5 Å². The number of carbonyl (C=O) groups is 1. The minimum absolute atomic E-state index is 0.0391. The van der Waals surface area contributed by atoms with E-state index in [1.807, 2.05) is 10.3 Å². The highest BCUT2D eigenvalue weighted by atomic mass is 35.5. The average Bonchev–Trinajstić information content (AvgIpc) is 2.85. The predicted molar refractivity (Wildman–Crippen MR) is 67.0 cm³/mol. The summed E-state index contributed by atoms with van der Waals surface area (Å²) in [6.07, 6.45) is 0.970. The summed E-state index contributed by atoms with van der Waals surface area (Å²) in [6, 6.07) is 1.76. The number of likely N-dealkylation sites (tertiary alicyclic amines) is 1. The Kier molecular flexibility index (Phi) is 3.24. The molecule has 16 heavy (non-hydrogen) atoms. The first-order chi connectivity index (χ1) is 7.56. The largest absolute Gasteiger partial charge is 0.337 e. The summed E-state index contributed by atoms with van der Waals surface area (Å²) in [5.74, 6) is 0.0391. The van der Waals surface area contributed by atoms with E-state index in [1.165, 1.54) is 11.3 Å². The monoisotopic (exact) mass is 258 g/mol. The number of hydrogen-bond donors (Lipinski definition) is 1. The third kappa shape index (κ3) is 2.10. The molecule has 2 heterocycles. The number of rotatable bonds is 2. The van der Waals surface area contributed by atoms with Crippen LogP contribution in [0.5, 0.6) is 0 Å². The Hall–Kier alpha value is -0.580. The second-order valence-electron chi connectivity index (χ2n) is 4.59. The third-order valence-electron chi connectivity index (χ3n) is 3.15. The van der Waals surface area contributed by atoms with Crippen LogP contribution in [0.3, 0.4) is 0 Å². The van der Waals surface area contributed by atoms with Crippen LogP contribution in [-0.4, -0.2) is 30.4 Å². The van der Waals surface area contributed by atoms with Crippen molar-refractivity contribution < 1.29 is 4.79 Å². The zero-order chi connectivity index (χ0) is 11.8. The van der Waals surface area contributed by atoms with Crippen molar-refractivity contribution in [2.75, 3.05) is 19.6 Å². The van der Waals surface area contributed by atoms with Gasteiger partial charge in [-0.05, 0) is 29.8 Å². The SMILES string of the molecule is CC1(CN)CCN(C(=O)c2sccc2Cl)C1. The van der Waals surface area contributed by atoms with E-state index in [2.05, 4.69) is 6.92 Å². The van der Waals surface area contributed by atoms with Gasteiger partial charge in [-0.2, -0.15) is 0 Å². The van der Waals surface area contributed by atoms with E-state index >= 15 is 0 Å². The first kappa shape index (κ1) is 11.9. The van der Waals surface area contributed by atoms with Gasteiger partial charge >= 0.3 is 0 Å². The van der Waals surface area contributed by atoms with Crippen molar-refractivity contribution in [2.45, 2.75) is 13.3 Å². The van der Waals surface area contributed by atoms with Gasteiger partial charge in [0.05, 0.1) is 5.02 Å². The molecule has 1 aliphatic heterocycles. The van der Waals surface area contributed by atoms with Gasteiger partial charge in [0.1, 0.15) is 4.88 Å². The number of thiophene rings is 1. The second kappa shape index (κ2) is 4.35. The maximum Gasteiger partial charge on any atom is 0.265 e. The van der Waals surface area contributed by atoms with Gasteiger partial charge in [-0.25, -0.2) is 0 Å². The lowest BCUT2D eigenvalue weighted by Gasteiger charge is -2.22. The molecule has 1 aliphatic rings. The highest BCUT2D eigenvalue weighted by Gasteiger charge is 2.35. The van der Waals surface area contributed by atoms with Crippen molar-refractivity contribution in [3.05, 3.63) is 21.3 Å². The summed E-state index contributed by atoms with van der Waals surface area (Å²) in [6.45, 7) is 4.25. The molecular weight excluding hydrogens is 244 g/mol. The van der Waals surface area contributed by atoms with Crippen LogP contribution in [0.4, 0.5) is 0 Å². The molecule has 1 atom stereocenters. The van der Waals surface area contributed by atoms with E-state index in [9.17, 15) is 4.79 Å². The number of hydrogen-bond acceptors (Lipinski definition) is 3. The normalized spacial score (nSPS) is 25.1. The van der Waals surface area contributed by atoms with Gasteiger partial charge in [0, 0.05) is 13.1 Å². The number of nitrogens with two attached hydrogens (primary N) is 1. The molecule has 1 amide bonds. The number of carbonyl (C=O) groups excluding carboxylic acids is 1. The van der Waals surface area contributed by atoms with Gasteiger partial charge < -0.3 is 10.6 Å². The van der Waals surface area contributed by atoms with Gasteiger partial charge in [-0.3, -0.25) is 4.79 Å². The third-order valence-corrected chi connectivity index (χ3v) is 4.48. The fourth-order valence-electron chi connectivity index (χ4n) is 1.95. The van der Waals surface area contributed by atoms with E-state index in [1.54, 1.807) is 6.07 Å². The van der Waals surface area contributed by atoms with Crippen molar-refractivity contribution in [1.29, 1.82) is 0 Å². The summed E-state index contributed by atoms with van der Waals surface area (Å²) < 4.78 is 0. The highest BCUT2D eigenvalue weighted by Crippen LogP contribution is 2.31. The van der Waals surface area contributed by atoms with Crippen molar-refractivity contribution in [1.82, 2.24) is 4.90 Å².